The van der Waals surface area contributed by atoms with E-state index in [2.05, 4.69) is 16.9 Å². The molecule has 0 atom stereocenters. The third kappa shape index (κ3) is 3.34. The van der Waals surface area contributed by atoms with Crippen LogP contribution in [-0.4, -0.2) is 16.1 Å². The zero-order chi connectivity index (χ0) is 12.8. The molecule has 2 N–H and O–H groups in total. The molecule has 1 aromatic heterocycles. The van der Waals surface area contributed by atoms with E-state index in [4.69, 9.17) is 10.5 Å². The van der Waals surface area contributed by atoms with Gasteiger partial charge in [-0.2, -0.15) is 0 Å². The van der Waals surface area contributed by atoms with Crippen LogP contribution in [0.3, 0.4) is 0 Å². The van der Waals surface area contributed by atoms with E-state index in [0.29, 0.717) is 17.8 Å². The predicted octanol–water partition coefficient (Wildman–Crippen LogP) is 3.11. The van der Waals surface area contributed by atoms with Crippen LogP contribution in [0.25, 0.3) is 0 Å². The molecular weight excluding hydrogens is 226 g/mol. The molecule has 0 saturated heterocycles. The lowest BCUT2D eigenvalue weighted by Crippen LogP contribution is -2.17. The molecule has 0 radical (unpaired) electrons. The van der Waals surface area contributed by atoms with E-state index in [1.165, 1.54) is 32.0 Å². The average molecular weight is 249 g/mol. The first-order chi connectivity index (χ1) is 8.81. The van der Waals surface area contributed by atoms with Crippen LogP contribution < -0.4 is 10.5 Å². The average Bonchev–Trinajstić information content (AvgIpc) is 2.62. The Bertz CT molecular complexity index is 373. The summed E-state index contributed by atoms with van der Waals surface area (Å²) in [6, 6.07) is 0. The number of anilines is 1. The number of hydrogen-bond donors (Lipinski definition) is 1. The third-order valence-corrected chi connectivity index (χ3v) is 3.52. The van der Waals surface area contributed by atoms with Crippen molar-refractivity contribution >= 4 is 5.82 Å². The Kier molecular flexibility index (Phi) is 4.79. The maximum absolute atomic E-state index is 6.07. The Labute approximate surface area is 109 Å². The molecule has 100 valence electrons. The molecule has 1 aliphatic rings. The van der Waals surface area contributed by atoms with Crippen molar-refractivity contribution in [2.75, 3.05) is 5.73 Å². The first-order valence-corrected chi connectivity index (χ1v) is 7.07. The van der Waals surface area contributed by atoms with Crippen molar-refractivity contribution in [3.63, 3.8) is 0 Å². The monoisotopic (exact) mass is 249 g/mol. The Morgan fingerprint density at radius 2 is 1.94 bits per heavy atom. The van der Waals surface area contributed by atoms with E-state index in [9.17, 15) is 0 Å². The third-order valence-electron chi connectivity index (χ3n) is 3.52. The summed E-state index contributed by atoms with van der Waals surface area (Å²) in [4.78, 5) is 8.33. The van der Waals surface area contributed by atoms with Crippen molar-refractivity contribution in [2.24, 2.45) is 0 Å². The molecule has 1 fully saturated rings. The maximum atomic E-state index is 6.07. The summed E-state index contributed by atoms with van der Waals surface area (Å²) < 4.78 is 6.07. The van der Waals surface area contributed by atoms with Crippen LogP contribution in [0.1, 0.15) is 57.4 Å². The summed E-state index contributed by atoms with van der Waals surface area (Å²) >= 11 is 0. The summed E-state index contributed by atoms with van der Waals surface area (Å²) in [5, 5.41) is 0. The van der Waals surface area contributed by atoms with Gasteiger partial charge in [0.05, 0.1) is 5.56 Å². The van der Waals surface area contributed by atoms with E-state index in [1.807, 2.05) is 0 Å². The lowest BCUT2D eigenvalue weighted by molar-refractivity contribution is 0.174. The quantitative estimate of drug-likeness (QED) is 0.833. The number of aromatic nitrogens is 2. The fourth-order valence-electron chi connectivity index (χ4n) is 2.51. The highest BCUT2D eigenvalue weighted by atomic mass is 16.5. The highest BCUT2D eigenvalue weighted by Gasteiger charge is 2.17. The number of hydrogen-bond acceptors (Lipinski definition) is 4. The van der Waals surface area contributed by atoms with Crippen LogP contribution in [0.15, 0.2) is 6.33 Å². The van der Waals surface area contributed by atoms with Crippen LogP contribution in [0, 0.1) is 0 Å². The number of nitrogens with two attached hydrogens (primary N) is 1. The van der Waals surface area contributed by atoms with E-state index in [1.54, 1.807) is 0 Å². The molecule has 18 heavy (non-hydrogen) atoms. The summed E-state index contributed by atoms with van der Waals surface area (Å²) in [5.41, 5.74) is 6.89. The number of ether oxygens (including phenoxy) is 1. The van der Waals surface area contributed by atoms with E-state index < -0.39 is 0 Å². The van der Waals surface area contributed by atoms with Crippen molar-refractivity contribution < 1.29 is 4.74 Å². The molecule has 0 aromatic carbocycles. The maximum Gasteiger partial charge on any atom is 0.222 e. The fraction of sp³-hybridized carbons (Fsp3) is 0.714. The van der Waals surface area contributed by atoms with Crippen molar-refractivity contribution in [2.45, 2.75) is 64.4 Å². The standard InChI is InChI=1S/C14H23N3O/c1-2-7-12-13(15)16-10-17-14(12)18-11-8-5-3-4-6-9-11/h10-11H,2-9H2,1H3,(H2,15,16,17). The van der Waals surface area contributed by atoms with Gasteiger partial charge >= 0.3 is 0 Å². The summed E-state index contributed by atoms with van der Waals surface area (Å²) in [6.07, 6.45) is 11.2. The zero-order valence-electron chi connectivity index (χ0n) is 11.2. The molecule has 1 heterocycles. The molecule has 1 aliphatic carbocycles. The van der Waals surface area contributed by atoms with Gasteiger partial charge in [-0.3, -0.25) is 0 Å². The topological polar surface area (TPSA) is 61.0 Å². The van der Waals surface area contributed by atoms with Crippen LogP contribution in [-0.2, 0) is 6.42 Å². The van der Waals surface area contributed by atoms with Crippen LogP contribution in [0.4, 0.5) is 5.82 Å². The van der Waals surface area contributed by atoms with Crippen LogP contribution >= 0.6 is 0 Å². The normalized spacial score (nSPS) is 17.4. The van der Waals surface area contributed by atoms with Gasteiger partial charge < -0.3 is 10.5 Å². The highest BCUT2D eigenvalue weighted by Crippen LogP contribution is 2.26. The summed E-state index contributed by atoms with van der Waals surface area (Å²) in [6.45, 7) is 2.13. The SMILES string of the molecule is CCCc1c(N)ncnc1OC1CCCCCC1. The first-order valence-electron chi connectivity index (χ1n) is 7.07. The molecule has 2 rings (SSSR count). The molecule has 1 saturated carbocycles. The molecule has 4 nitrogen and oxygen atoms in total. The highest BCUT2D eigenvalue weighted by molar-refractivity contribution is 5.44. The zero-order valence-corrected chi connectivity index (χ0v) is 11.2. The second-order valence-corrected chi connectivity index (χ2v) is 5.02. The molecule has 1 aromatic rings. The number of nitrogen functional groups attached to an aromatic ring is 1. The van der Waals surface area contributed by atoms with Gasteiger partial charge in [0, 0.05) is 0 Å². The van der Waals surface area contributed by atoms with Crippen molar-refractivity contribution in [1.29, 1.82) is 0 Å². The van der Waals surface area contributed by atoms with Gasteiger partial charge in [-0.25, -0.2) is 9.97 Å². The van der Waals surface area contributed by atoms with Crippen LogP contribution in [0.5, 0.6) is 5.88 Å². The van der Waals surface area contributed by atoms with Gasteiger partial charge in [0.2, 0.25) is 5.88 Å². The Morgan fingerprint density at radius 1 is 1.22 bits per heavy atom. The van der Waals surface area contributed by atoms with Gasteiger partial charge in [0.25, 0.3) is 0 Å². The van der Waals surface area contributed by atoms with Gasteiger partial charge in [0.15, 0.2) is 0 Å². The van der Waals surface area contributed by atoms with Gasteiger partial charge in [-0.1, -0.05) is 26.2 Å². The predicted molar refractivity (Wildman–Crippen MR) is 72.6 cm³/mol. The largest absolute Gasteiger partial charge is 0.474 e. The van der Waals surface area contributed by atoms with Crippen molar-refractivity contribution in [3.8, 4) is 5.88 Å². The molecule has 0 amide bonds. The Hall–Kier alpha value is -1.32. The molecule has 0 bridgehead atoms. The number of rotatable bonds is 4. The van der Waals surface area contributed by atoms with Gasteiger partial charge in [-0.05, 0) is 32.1 Å². The molecular formula is C14H23N3O. The fourth-order valence-corrected chi connectivity index (χ4v) is 2.51. The summed E-state index contributed by atoms with van der Waals surface area (Å²) in [5.74, 6) is 1.27. The van der Waals surface area contributed by atoms with Gasteiger partial charge in [0.1, 0.15) is 18.2 Å². The minimum absolute atomic E-state index is 0.303. The summed E-state index contributed by atoms with van der Waals surface area (Å²) in [7, 11) is 0. The Balaban J connectivity index is 2.09. The lowest BCUT2D eigenvalue weighted by atomic mass is 10.1. The molecule has 0 unspecified atom stereocenters. The Morgan fingerprint density at radius 3 is 2.61 bits per heavy atom. The number of nitrogens with zero attached hydrogens (tertiary/aromatic N) is 2. The van der Waals surface area contributed by atoms with E-state index >= 15 is 0 Å². The second kappa shape index (κ2) is 6.57. The second-order valence-electron chi connectivity index (χ2n) is 5.02. The first kappa shape index (κ1) is 13.1. The molecule has 0 spiro atoms. The minimum Gasteiger partial charge on any atom is -0.474 e. The van der Waals surface area contributed by atoms with Crippen LogP contribution in [0.2, 0.25) is 0 Å². The van der Waals surface area contributed by atoms with Crippen molar-refractivity contribution in [3.05, 3.63) is 11.9 Å². The minimum atomic E-state index is 0.303. The molecule has 0 aliphatic heterocycles. The smallest absolute Gasteiger partial charge is 0.222 e. The van der Waals surface area contributed by atoms with Crippen molar-refractivity contribution in [1.82, 2.24) is 9.97 Å². The van der Waals surface area contributed by atoms with Gasteiger partial charge in [-0.15, -0.1) is 0 Å². The lowest BCUT2D eigenvalue weighted by Gasteiger charge is -2.18. The molecule has 4 heteroatoms. The van der Waals surface area contributed by atoms with E-state index in [-0.39, 0.29) is 0 Å². The van der Waals surface area contributed by atoms with E-state index in [0.717, 1.165) is 31.2 Å².